The zero-order chi connectivity index (χ0) is 16.4. The summed E-state index contributed by atoms with van der Waals surface area (Å²) in [6.07, 6.45) is 1.97. The van der Waals surface area contributed by atoms with E-state index in [2.05, 4.69) is 16.2 Å². The Morgan fingerprint density at radius 2 is 2.00 bits per heavy atom. The summed E-state index contributed by atoms with van der Waals surface area (Å²) in [5, 5.41) is 13.1. The Labute approximate surface area is 134 Å². The van der Waals surface area contributed by atoms with Crippen LogP contribution in [0.25, 0.3) is 16.9 Å². The van der Waals surface area contributed by atoms with E-state index in [1.54, 1.807) is 22.7 Å². The SMILES string of the molecule is CC(C)CC(=O)c1cc(-c2ccc(C#N)cc2)n2ncnc2c1. The molecule has 0 aliphatic rings. The first-order valence-corrected chi connectivity index (χ1v) is 7.46. The molecule has 0 spiro atoms. The van der Waals surface area contributed by atoms with Crippen molar-refractivity contribution in [3.05, 3.63) is 53.9 Å². The van der Waals surface area contributed by atoms with Gasteiger partial charge in [0, 0.05) is 17.5 Å². The normalized spacial score (nSPS) is 10.9. The number of carbonyl (C=O) groups excluding carboxylic acids is 1. The minimum absolute atomic E-state index is 0.0976. The van der Waals surface area contributed by atoms with Crippen LogP contribution in [0.15, 0.2) is 42.7 Å². The maximum Gasteiger partial charge on any atom is 0.163 e. The number of nitriles is 1. The van der Waals surface area contributed by atoms with Crippen LogP contribution in [-0.4, -0.2) is 20.4 Å². The molecule has 0 radical (unpaired) electrons. The molecule has 0 bridgehead atoms. The Hall–Kier alpha value is -3.00. The number of hydrogen-bond donors (Lipinski definition) is 0. The van der Waals surface area contributed by atoms with Crippen molar-refractivity contribution >= 4 is 11.4 Å². The largest absolute Gasteiger partial charge is 0.294 e. The van der Waals surface area contributed by atoms with Gasteiger partial charge in [-0.15, -0.1) is 0 Å². The second kappa shape index (κ2) is 6.01. The van der Waals surface area contributed by atoms with E-state index in [1.807, 2.05) is 32.0 Å². The van der Waals surface area contributed by atoms with Gasteiger partial charge in [0.2, 0.25) is 0 Å². The molecule has 3 rings (SSSR count). The standard InChI is InChI=1S/C18H16N4O/c1-12(2)7-17(23)15-8-16(22-18(9-15)20-11-21-22)14-5-3-13(10-19)4-6-14/h3-6,8-9,11-12H,7H2,1-2H3. The molecule has 0 saturated heterocycles. The summed E-state index contributed by atoms with van der Waals surface area (Å²) in [6.45, 7) is 4.05. The molecule has 114 valence electrons. The lowest BCUT2D eigenvalue weighted by molar-refractivity contribution is 0.0968. The highest BCUT2D eigenvalue weighted by Gasteiger charge is 2.14. The zero-order valence-corrected chi connectivity index (χ0v) is 13.0. The fourth-order valence-corrected chi connectivity index (χ4v) is 2.49. The fourth-order valence-electron chi connectivity index (χ4n) is 2.49. The molecule has 5 heteroatoms. The Morgan fingerprint density at radius 3 is 2.65 bits per heavy atom. The topological polar surface area (TPSA) is 71.0 Å². The summed E-state index contributed by atoms with van der Waals surface area (Å²) in [5.41, 5.74) is 3.54. The van der Waals surface area contributed by atoms with Gasteiger partial charge >= 0.3 is 0 Å². The zero-order valence-electron chi connectivity index (χ0n) is 13.0. The van der Waals surface area contributed by atoms with Crippen LogP contribution in [0.2, 0.25) is 0 Å². The molecule has 3 aromatic rings. The molecule has 0 fully saturated rings. The van der Waals surface area contributed by atoms with Gasteiger partial charge in [0.25, 0.3) is 0 Å². The number of pyridine rings is 1. The molecule has 0 N–H and O–H groups in total. The summed E-state index contributed by atoms with van der Waals surface area (Å²) in [5.74, 6) is 0.398. The van der Waals surface area contributed by atoms with Gasteiger partial charge in [-0.25, -0.2) is 9.50 Å². The van der Waals surface area contributed by atoms with Crippen LogP contribution in [-0.2, 0) is 0 Å². The van der Waals surface area contributed by atoms with E-state index in [4.69, 9.17) is 5.26 Å². The van der Waals surface area contributed by atoms with Gasteiger partial charge < -0.3 is 0 Å². The lowest BCUT2D eigenvalue weighted by atomic mass is 10.00. The number of carbonyl (C=O) groups is 1. The van der Waals surface area contributed by atoms with Crippen LogP contribution in [0.5, 0.6) is 0 Å². The summed E-state index contributed by atoms with van der Waals surface area (Å²) in [7, 11) is 0. The molecular weight excluding hydrogens is 288 g/mol. The molecule has 0 amide bonds. The lowest BCUT2D eigenvalue weighted by Gasteiger charge is -2.09. The van der Waals surface area contributed by atoms with E-state index < -0.39 is 0 Å². The van der Waals surface area contributed by atoms with E-state index in [-0.39, 0.29) is 5.78 Å². The third-order valence-corrected chi connectivity index (χ3v) is 3.60. The number of benzene rings is 1. The maximum atomic E-state index is 12.4. The third kappa shape index (κ3) is 2.97. The molecule has 2 aromatic heterocycles. The van der Waals surface area contributed by atoms with Crippen molar-refractivity contribution in [1.82, 2.24) is 14.6 Å². The van der Waals surface area contributed by atoms with Crippen LogP contribution >= 0.6 is 0 Å². The minimum atomic E-state index is 0.0976. The van der Waals surface area contributed by atoms with E-state index in [0.29, 0.717) is 29.1 Å². The highest BCUT2D eigenvalue weighted by Crippen LogP contribution is 2.23. The molecule has 0 atom stereocenters. The molecule has 1 aromatic carbocycles. The van der Waals surface area contributed by atoms with Crippen molar-refractivity contribution < 1.29 is 4.79 Å². The van der Waals surface area contributed by atoms with Gasteiger partial charge in [0.15, 0.2) is 11.4 Å². The molecule has 0 aliphatic carbocycles. The van der Waals surface area contributed by atoms with Crippen molar-refractivity contribution in [1.29, 1.82) is 5.26 Å². The summed E-state index contributed by atoms with van der Waals surface area (Å²) < 4.78 is 1.70. The highest BCUT2D eigenvalue weighted by atomic mass is 16.1. The number of nitrogens with zero attached hydrogens (tertiary/aromatic N) is 4. The molecule has 23 heavy (non-hydrogen) atoms. The second-order valence-electron chi connectivity index (χ2n) is 5.87. The van der Waals surface area contributed by atoms with Gasteiger partial charge in [0.05, 0.1) is 17.3 Å². The first kappa shape index (κ1) is 14.9. The fraction of sp³-hybridized carbons (Fsp3) is 0.222. The highest BCUT2D eigenvalue weighted by molar-refractivity contribution is 5.98. The quantitative estimate of drug-likeness (QED) is 0.692. The van der Waals surface area contributed by atoms with Gasteiger partial charge in [-0.2, -0.15) is 10.4 Å². The van der Waals surface area contributed by atoms with Crippen molar-refractivity contribution in [2.75, 3.05) is 0 Å². The van der Waals surface area contributed by atoms with Crippen LogP contribution in [0.4, 0.5) is 0 Å². The van der Waals surface area contributed by atoms with Crippen LogP contribution in [0, 0.1) is 17.2 Å². The first-order valence-electron chi connectivity index (χ1n) is 7.46. The Balaban J connectivity index is 2.12. The van der Waals surface area contributed by atoms with Crippen LogP contribution < -0.4 is 0 Å². The van der Waals surface area contributed by atoms with Crippen molar-refractivity contribution in [3.63, 3.8) is 0 Å². The van der Waals surface area contributed by atoms with Gasteiger partial charge in [0.1, 0.15) is 6.33 Å². The molecule has 0 unspecified atom stereocenters. The molecule has 0 aliphatic heterocycles. The molecule has 2 heterocycles. The predicted octanol–water partition coefficient (Wildman–Crippen LogP) is 3.50. The second-order valence-corrected chi connectivity index (χ2v) is 5.87. The van der Waals surface area contributed by atoms with Gasteiger partial charge in [-0.05, 0) is 30.2 Å². The van der Waals surface area contributed by atoms with Crippen molar-refractivity contribution in [3.8, 4) is 17.3 Å². The third-order valence-electron chi connectivity index (χ3n) is 3.60. The molecule has 0 saturated carbocycles. The van der Waals surface area contributed by atoms with E-state index in [0.717, 1.165) is 11.3 Å². The Kier molecular flexibility index (Phi) is 3.90. The van der Waals surface area contributed by atoms with Gasteiger partial charge in [-0.3, -0.25) is 4.79 Å². The Bertz CT molecular complexity index is 901. The first-order chi connectivity index (χ1) is 11.1. The number of Topliss-reactive ketones (excluding diaryl/α,β-unsaturated/α-hetero) is 1. The summed E-state index contributed by atoms with van der Waals surface area (Å²) in [6, 6.07) is 12.9. The Morgan fingerprint density at radius 1 is 1.26 bits per heavy atom. The smallest absolute Gasteiger partial charge is 0.163 e. The number of hydrogen-bond acceptors (Lipinski definition) is 4. The number of rotatable bonds is 4. The minimum Gasteiger partial charge on any atom is -0.294 e. The summed E-state index contributed by atoms with van der Waals surface area (Å²) in [4.78, 5) is 16.6. The van der Waals surface area contributed by atoms with E-state index in [1.165, 1.54) is 6.33 Å². The van der Waals surface area contributed by atoms with Gasteiger partial charge in [-0.1, -0.05) is 26.0 Å². The number of ketones is 1. The van der Waals surface area contributed by atoms with Crippen LogP contribution in [0.3, 0.4) is 0 Å². The average molecular weight is 304 g/mol. The monoisotopic (exact) mass is 304 g/mol. The summed E-state index contributed by atoms with van der Waals surface area (Å²) >= 11 is 0. The predicted molar refractivity (Wildman–Crippen MR) is 86.9 cm³/mol. The maximum absolute atomic E-state index is 12.4. The number of aromatic nitrogens is 3. The average Bonchev–Trinajstić information content (AvgIpc) is 3.02. The molecule has 5 nitrogen and oxygen atoms in total. The van der Waals surface area contributed by atoms with Crippen molar-refractivity contribution in [2.45, 2.75) is 20.3 Å². The van der Waals surface area contributed by atoms with E-state index in [9.17, 15) is 4.79 Å². The van der Waals surface area contributed by atoms with Crippen LogP contribution in [0.1, 0.15) is 36.2 Å². The molecular formula is C18H16N4O. The lowest BCUT2D eigenvalue weighted by Crippen LogP contribution is -2.06. The van der Waals surface area contributed by atoms with Crippen molar-refractivity contribution in [2.24, 2.45) is 5.92 Å². The number of fused-ring (bicyclic) bond motifs is 1. The van der Waals surface area contributed by atoms with E-state index >= 15 is 0 Å².